The van der Waals surface area contributed by atoms with Gasteiger partial charge in [0.15, 0.2) is 6.61 Å². The van der Waals surface area contributed by atoms with Crippen molar-refractivity contribution in [2.45, 2.75) is 52.4 Å². The van der Waals surface area contributed by atoms with Crippen LogP contribution in [0.2, 0.25) is 0 Å². The molecule has 0 aromatic heterocycles. The van der Waals surface area contributed by atoms with Gasteiger partial charge in [0.05, 0.1) is 0 Å². The maximum absolute atomic E-state index is 12.3. The molecular formula is C24H30N2O3. The summed E-state index contributed by atoms with van der Waals surface area (Å²) < 4.78 is 5.61. The molecule has 1 N–H and O–H groups in total. The van der Waals surface area contributed by atoms with Crippen molar-refractivity contribution in [3.05, 3.63) is 53.6 Å². The number of carbonyl (C=O) groups is 2. The molecule has 3 rings (SSSR count). The molecule has 1 heterocycles. The zero-order valence-electron chi connectivity index (χ0n) is 17.7. The molecule has 0 atom stereocenters. The molecule has 29 heavy (non-hydrogen) atoms. The van der Waals surface area contributed by atoms with Crippen LogP contribution in [-0.2, 0) is 15.0 Å². The zero-order chi connectivity index (χ0) is 21.0. The third-order valence-electron chi connectivity index (χ3n) is 5.19. The standard InChI is InChI=1S/C24H30N2O3/c1-17-15-19(10-13-21(17)26-14-6-5-7-23(26)28)25-22(27)16-29-20-11-8-18(9-12-20)24(2,3)4/h8-13,15H,5-7,14,16H2,1-4H3,(H,25,27). The van der Waals surface area contributed by atoms with Gasteiger partial charge in [-0.3, -0.25) is 9.59 Å². The minimum Gasteiger partial charge on any atom is -0.484 e. The van der Waals surface area contributed by atoms with E-state index in [1.54, 1.807) is 0 Å². The molecule has 154 valence electrons. The lowest BCUT2D eigenvalue weighted by Crippen LogP contribution is -2.35. The van der Waals surface area contributed by atoms with Crippen LogP contribution in [0.5, 0.6) is 5.75 Å². The van der Waals surface area contributed by atoms with Crippen molar-refractivity contribution in [1.82, 2.24) is 0 Å². The SMILES string of the molecule is Cc1cc(NC(=O)COc2ccc(C(C)(C)C)cc2)ccc1N1CCCCC1=O. The van der Waals surface area contributed by atoms with E-state index in [1.807, 2.05) is 54.3 Å². The highest BCUT2D eigenvalue weighted by Crippen LogP contribution is 2.27. The number of amides is 2. The number of rotatable bonds is 5. The van der Waals surface area contributed by atoms with Gasteiger partial charge in [-0.05, 0) is 66.6 Å². The highest BCUT2D eigenvalue weighted by Gasteiger charge is 2.21. The summed E-state index contributed by atoms with van der Waals surface area (Å²) in [7, 11) is 0. The lowest BCUT2D eigenvalue weighted by molar-refractivity contribution is -0.119. The van der Waals surface area contributed by atoms with Crippen LogP contribution < -0.4 is 15.0 Å². The average molecular weight is 395 g/mol. The number of nitrogens with one attached hydrogen (secondary N) is 1. The van der Waals surface area contributed by atoms with Crippen LogP contribution in [0.1, 0.15) is 51.2 Å². The molecule has 1 saturated heterocycles. The van der Waals surface area contributed by atoms with Crippen LogP contribution in [0.25, 0.3) is 0 Å². The number of nitrogens with zero attached hydrogens (tertiary/aromatic N) is 1. The van der Waals surface area contributed by atoms with E-state index in [4.69, 9.17) is 4.74 Å². The second-order valence-corrected chi connectivity index (χ2v) is 8.61. The van der Waals surface area contributed by atoms with E-state index in [0.717, 1.165) is 30.6 Å². The summed E-state index contributed by atoms with van der Waals surface area (Å²) in [6, 6.07) is 13.5. The average Bonchev–Trinajstić information content (AvgIpc) is 2.67. The quantitative estimate of drug-likeness (QED) is 0.790. The number of aryl methyl sites for hydroxylation is 1. The number of hydrogen-bond donors (Lipinski definition) is 1. The first-order valence-electron chi connectivity index (χ1n) is 10.2. The van der Waals surface area contributed by atoms with Crippen molar-refractivity contribution in [1.29, 1.82) is 0 Å². The van der Waals surface area contributed by atoms with E-state index < -0.39 is 0 Å². The minimum atomic E-state index is -0.217. The number of ether oxygens (including phenoxy) is 1. The van der Waals surface area contributed by atoms with Crippen LogP contribution in [-0.4, -0.2) is 25.0 Å². The van der Waals surface area contributed by atoms with Gasteiger partial charge in [0.1, 0.15) is 5.75 Å². The van der Waals surface area contributed by atoms with E-state index in [9.17, 15) is 9.59 Å². The van der Waals surface area contributed by atoms with E-state index in [1.165, 1.54) is 5.56 Å². The van der Waals surface area contributed by atoms with Crippen molar-refractivity contribution in [3.8, 4) is 5.75 Å². The van der Waals surface area contributed by atoms with Crippen LogP contribution in [0.3, 0.4) is 0 Å². The molecule has 0 spiro atoms. The van der Waals surface area contributed by atoms with Gasteiger partial charge in [-0.1, -0.05) is 32.9 Å². The van der Waals surface area contributed by atoms with Crippen molar-refractivity contribution < 1.29 is 14.3 Å². The molecule has 2 aromatic rings. The highest BCUT2D eigenvalue weighted by atomic mass is 16.5. The Labute approximate surface area is 173 Å². The molecule has 0 saturated carbocycles. The van der Waals surface area contributed by atoms with Gasteiger partial charge in [0.2, 0.25) is 5.91 Å². The van der Waals surface area contributed by atoms with Gasteiger partial charge in [0, 0.05) is 24.3 Å². The molecule has 1 aliphatic heterocycles. The first kappa shape index (κ1) is 20.9. The Kier molecular flexibility index (Phi) is 6.26. The molecule has 0 bridgehead atoms. The lowest BCUT2D eigenvalue weighted by atomic mass is 9.87. The number of carbonyl (C=O) groups excluding carboxylic acids is 2. The molecule has 1 fully saturated rings. The molecule has 5 heteroatoms. The van der Waals surface area contributed by atoms with Crippen molar-refractivity contribution in [2.24, 2.45) is 0 Å². The van der Waals surface area contributed by atoms with Gasteiger partial charge in [0.25, 0.3) is 5.91 Å². The number of benzene rings is 2. The summed E-state index contributed by atoms with van der Waals surface area (Å²) in [6.07, 6.45) is 2.59. The fraction of sp³-hybridized carbons (Fsp3) is 0.417. The summed E-state index contributed by atoms with van der Waals surface area (Å²) in [4.78, 5) is 26.2. The first-order chi connectivity index (χ1) is 13.7. The maximum atomic E-state index is 12.3. The summed E-state index contributed by atoms with van der Waals surface area (Å²) >= 11 is 0. The Balaban J connectivity index is 1.56. The minimum absolute atomic E-state index is 0.0553. The summed E-state index contributed by atoms with van der Waals surface area (Å²) in [5.74, 6) is 0.622. The normalized spacial score (nSPS) is 14.6. The van der Waals surface area contributed by atoms with Crippen LogP contribution in [0, 0.1) is 6.92 Å². The van der Waals surface area contributed by atoms with Gasteiger partial charge in [-0.15, -0.1) is 0 Å². The Morgan fingerprint density at radius 1 is 1.10 bits per heavy atom. The summed E-state index contributed by atoms with van der Waals surface area (Å²) in [6.45, 7) is 9.13. The molecule has 0 radical (unpaired) electrons. The second-order valence-electron chi connectivity index (χ2n) is 8.61. The fourth-order valence-corrected chi connectivity index (χ4v) is 3.49. The second kappa shape index (κ2) is 8.68. The Hall–Kier alpha value is -2.82. The number of hydrogen-bond acceptors (Lipinski definition) is 3. The molecule has 0 unspecified atom stereocenters. The molecule has 5 nitrogen and oxygen atoms in total. The molecule has 2 aromatic carbocycles. The highest BCUT2D eigenvalue weighted by molar-refractivity contribution is 5.96. The lowest BCUT2D eigenvalue weighted by Gasteiger charge is -2.28. The summed E-state index contributed by atoms with van der Waals surface area (Å²) in [5.41, 5.74) is 3.89. The van der Waals surface area contributed by atoms with Crippen LogP contribution in [0.4, 0.5) is 11.4 Å². The van der Waals surface area contributed by atoms with Crippen LogP contribution >= 0.6 is 0 Å². The third-order valence-corrected chi connectivity index (χ3v) is 5.19. The van der Waals surface area contributed by atoms with E-state index >= 15 is 0 Å². The topological polar surface area (TPSA) is 58.6 Å². The van der Waals surface area contributed by atoms with Gasteiger partial charge < -0.3 is 15.0 Å². The van der Waals surface area contributed by atoms with E-state index in [0.29, 0.717) is 17.9 Å². The van der Waals surface area contributed by atoms with Crippen LogP contribution in [0.15, 0.2) is 42.5 Å². The van der Waals surface area contributed by atoms with Gasteiger partial charge >= 0.3 is 0 Å². The largest absolute Gasteiger partial charge is 0.484 e. The predicted octanol–water partition coefficient (Wildman–Crippen LogP) is 4.83. The number of piperidine rings is 1. The summed E-state index contributed by atoms with van der Waals surface area (Å²) in [5, 5.41) is 2.86. The first-order valence-corrected chi connectivity index (χ1v) is 10.2. The number of anilines is 2. The molecule has 1 aliphatic rings. The monoisotopic (exact) mass is 394 g/mol. The predicted molar refractivity (Wildman–Crippen MR) is 117 cm³/mol. The van der Waals surface area contributed by atoms with Crippen molar-refractivity contribution in [3.63, 3.8) is 0 Å². The third kappa shape index (κ3) is 5.37. The van der Waals surface area contributed by atoms with Crippen molar-refractivity contribution in [2.75, 3.05) is 23.4 Å². The van der Waals surface area contributed by atoms with Gasteiger partial charge in [-0.2, -0.15) is 0 Å². The Morgan fingerprint density at radius 3 is 2.45 bits per heavy atom. The molecule has 2 amide bonds. The maximum Gasteiger partial charge on any atom is 0.262 e. The van der Waals surface area contributed by atoms with Crippen molar-refractivity contribution >= 4 is 23.2 Å². The Morgan fingerprint density at radius 2 is 1.83 bits per heavy atom. The molecule has 0 aliphatic carbocycles. The Bertz CT molecular complexity index is 882. The zero-order valence-corrected chi connectivity index (χ0v) is 17.7. The van der Waals surface area contributed by atoms with E-state index in [2.05, 4.69) is 26.1 Å². The smallest absolute Gasteiger partial charge is 0.262 e. The molecular weight excluding hydrogens is 364 g/mol. The fourth-order valence-electron chi connectivity index (χ4n) is 3.49. The van der Waals surface area contributed by atoms with Gasteiger partial charge in [-0.25, -0.2) is 0 Å². The van der Waals surface area contributed by atoms with E-state index in [-0.39, 0.29) is 23.8 Å².